The summed E-state index contributed by atoms with van der Waals surface area (Å²) in [6.07, 6.45) is 2.45. The van der Waals surface area contributed by atoms with Gasteiger partial charge in [-0.25, -0.2) is 13.2 Å². The summed E-state index contributed by atoms with van der Waals surface area (Å²) in [7, 11) is 0. The zero-order valence-corrected chi connectivity index (χ0v) is 19.3. The molecule has 0 radical (unpaired) electrons. The van der Waals surface area contributed by atoms with E-state index in [0.29, 0.717) is 47.5 Å². The minimum Gasteiger partial charge on any atom is -0.504 e. The van der Waals surface area contributed by atoms with Crippen molar-refractivity contribution in [1.82, 2.24) is 10.3 Å². The predicted octanol–water partition coefficient (Wildman–Crippen LogP) is 5.26. The molecular formula is C28H24F3N3O2. The average molecular weight is 492 g/mol. The Morgan fingerprint density at radius 1 is 0.972 bits per heavy atom. The Hall–Kier alpha value is -3.62. The number of halogens is 3. The van der Waals surface area contributed by atoms with Crippen LogP contribution in [0.2, 0.25) is 0 Å². The highest BCUT2D eigenvalue weighted by Crippen LogP contribution is 2.41. The van der Waals surface area contributed by atoms with E-state index in [-0.39, 0.29) is 12.1 Å². The lowest BCUT2D eigenvalue weighted by Gasteiger charge is -2.43. The number of para-hydroxylation sites is 1. The summed E-state index contributed by atoms with van der Waals surface area (Å²) in [5.41, 5.74) is 3.37. The third-order valence-corrected chi connectivity index (χ3v) is 7.03. The van der Waals surface area contributed by atoms with Gasteiger partial charge in [-0.15, -0.1) is 0 Å². The number of phenolic OH excluding ortho intramolecular Hbond substituents is 1. The third-order valence-electron chi connectivity index (χ3n) is 7.03. The maximum Gasteiger partial charge on any atom is 0.165 e. The smallest absolute Gasteiger partial charge is 0.165 e. The number of nitrogens with one attached hydrogen (secondary N) is 1. The first-order valence-corrected chi connectivity index (χ1v) is 11.9. The maximum absolute atomic E-state index is 14.2. The van der Waals surface area contributed by atoms with Crippen molar-refractivity contribution in [2.45, 2.75) is 18.6 Å². The Morgan fingerprint density at radius 3 is 2.64 bits per heavy atom. The van der Waals surface area contributed by atoms with Crippen molar-refractivity contribution in [3.05, 3.63) is 78.2 Å². The quantitative estimate of drug-likeness (QED) is 0.410. The van der Waals surface area contributed by atoms with E-state index < -0.39 is 23.2 Å². The molecule has 2 fully saturated rings. The van der Waals surface area contributed by atoms with Crippen molar-refractivity contribution in [2.75, 3.05) is 31.1 Å². The fraction of sp³-hybridized carbons (Fsp3) is 0.250. The molecule has 0 saturated carbocycles. The number of hydrogen-bond acceptors (Lipinski definition) is 5. The van der Waals surface area contributed by atoms with E-state index in [1.807, 2.05) is 6.07 Å². The van der Waals surface area contributed by atoms with Crippen molar-refractivity contribution >= 4 is 16.6 Å². The molecule has 0 unspecified atom stereocenters. The van der Waals surface area contributed by atoms with Gasteiger partial charge in [0.05, 0.1) is 23.9 Å². The van der Waals surface area contributed by atoms with E-state index >= 15 is 0 Å². The molecule has 3 heterocycles. The standard InChI is InChI=1S/C28H24F3N3O2/c29-18-10-17(11-19(30)13-18)22-14-33-24-5-4-16(20-2-1-3-23(31)28(20)35)12-21(24)27(22)34-8-6-25-26(15-34)36-9-7-32-25/h1-5,10-14,25-26,32,35H,6-9,15H2/t25-,26-/m1/s1. The average Bonchev–Trinajstić information content (AvgIpc) is 2.88. The number of phenols is 1. The molecule has 2 saturated heterocycles. The second-order valence-electron chi connectivity index (χ2n) is 9.25. The molecule has 0 spiro atoms. The lowest BCUT2D eigenvalue weighted by atomic mass is 9.94. The molecule has 2 aliphatic rings. The van der Waals surface area contributed by atoms with Crippen LogP contribution in [0.25, 0.3) is 33.2 Å². The molecule has 1 aromatic heterocycles. The van der Waals surface area contributed by atoms with E-state index in [4.69, 9.17) is 4.74 Å². The molecule has 184 valence electrons. The number of morpholine rings is 1. The monoisotopic (exact) mass is 491 g/mol. The molecule has 36 heavy (non-hydrogen) atoms. The summed E-state index contributed by atoms with van der Waals surface area (Å²) < 4.78 is 48.6. The summed E-state index contributed by atoms with van der Waals surface area (Å²) in [6, 6.07) is 13.5. The number of anilines is 1. The summed E-state index contributed by atoms with van der Waals surface area (Å²) >= 11 is 0. The van der Waals surface area contributed by atoms with Gasteiger partial charge in [0.2, 0.25) is 0 Å². The Kier molecular flexibility index (Phi) is 5.78. The van der Waals surface area contributed by atoms with E-state index in [0.717, 1.165) is 30.1 Å². The topological polar surface area (TPSA) is 57.6 Å². The lowest BCUT2D eigenvalue weighted by molar-refractivity contribution is -0.00896. The summed E-state index contributed by atoms with van der Waals surface area (Å²) in [6.45, 7) is 2.73. The predicted molar refractivity (Wildman–Crippen MR) is 133 cm³/mol. The molecule has 4 aromatic rings. The van der Waals surface area contributed by atoms with Gasteiger partial charge in [0.15, 0.2) is 11.6 Å². The maximum atomic E-state index is 14.2. The molecule has 2 aliphatic heterocycles. The van der Waals surface area contributed by atoms with E-state index in [2.05, 4.69) is 15.2 Å². The van der Waals surface area contributed by atoms with E-state index in [1.54, 1.807) is 24.4 Å². The number of rotatable bonds is 3. The van der Waals surface area contributed by atoms with Crippen LogP contribution < -0.4 is 10.2 Å². The van der Waals surface area contributed by atoms with Crippen LogP contribution in [0.15, 0.2) is 60.8 Å². The van der Waals surface area contributed by atoms with Crippen LogP contribution in [0, 0.1) is 17.5 Å². The number of hydrogen-bond donors (Lipinski definition) is 2. The Morgan fingerprint density at radius 2 is 1.81 bits per heavy atom. The Bertz CT molecular complexity index is 1440. The molecule has 0 amide bonds. The largest absolute Gasteiger partial charge is 0.504 e. The molecule has 0 aliphatic carbocycles. The number of nitrogens with zero attached hydrogens (tertiary/aromatic N) is 2. The molecule has 3 aromatic carbocycles. The second kappa shape index (κ2) is 9.11. The number of ether oxygens (including phenoxy) is 1. The summed E-state index contributed by atoms with van der Waals surface area (Å²) in [5, 5.41) is 14.6. The zero-order chi connectivity index (χ0) is 24.8. The van der Waals surface area contributed by atoms with Crippen LogP contribution in [0.3, 0.4) is 0 Å². The van der Waals surface area contributed by atoms with Crippen molar-refractivity contribution in [2.24, 2.45) is 0 Å². The fourth-order valence-corrected chi connectivity index (χ4v) is 5.33. The molecule has 6 rings (SSSR count). The van der Waals surface area contributed by atoms with E-state index in [1.165, 1.54) is 24.3 Å². The minimum absolute atomic E-state index is 0.0248. The van der Waals surface area contributed by atoms with Crippen LogP contribution >= 0.6 is 0 Å². The second-order valence-corrected chi connectivity index (χ2v) is 9.25. The SMILES string of the molecule is Oc1c(F)cccc1-c1ccc2ncc(-c3cc(F)cc(F)c3)c(N3CC[C@H]4NCCO[C@@H]4C3)c2c1. The minimum atomic E-state index is -0.709. The van der Waals surface area contributed by atoms with E-state index in [9.17, 15) is 18.3 Å². The molecule has 0 bridgehead atoms. The zero-order valence-electron chi connectivity index (χ0n) is 19.3. The number of pyridine rings is 1. The number of aromatic hydroxyl groups is 1. The van der Waals surface area contributed by atoms with Gasteiger partial charge in [0.1, 0.15) is 11.6 Å². The van der Waals surface area contributed by atoms with Crippen molar-refractivity contribution in [3.63, 3.8) is 0 Å². The van der Waals surface area contributed by atoms with Crippen LogP contribution in [-0.4, -0.2) is 48.5 Å². The highest BCUT2D eigenvalue weighted by Gasteiger charge is 2.33. The highest BCUT2D eigenvalue weighted by molar-refractivity contribution is 6.02. The highest BCUT2D eigenvalue weighted by atomic mass is 19.1. The van der Waals surface area contributed by atoms with Crippen LogP contribution in [0.5, 0.6) is 5.75 Å². The van der Waals surface area contributed by atoms with Gasteiger partial charge in [-0.05, 0) is 47.9 Å². The number of aromatic nitrogens is 1. The first-order chi connectivity index (χ1) is 17.5. The Balaban J connectivity index is 1.56. The number of benzene rings is 3. The van der Waals surface area contributed by atoms with Crippen molar-refractivity contribution in [1.29, 1.82) is 0 Å². The number of piperidine rings is 1. The van der Waals surface area contributed by atoms with Crippen molar-refractivity contribution < 1.29 is 23.0 Å². The number of fused-ring (bicyclic) bond motifs is 2. The van der Waals surface area contributed by atoms with Gasteiger partial charge in [-0.2, -0.15) is 0 Å². The molecule has 5 nitrogen and oxygen atoms in total. The van der Waals surface area contributed by atoms with Gasteiger partial charge < -0.3 is 20.1 Å². The molecule has 2 N–H and O–H groups in total. The van der Waals surface area contributed by atoms with Gasteiger partial charge in [-0.1, -0.05) is 18.2 Å². The van der Waals surface area contributed by atoms with Gasteiger partial charge in [0.25, 0.3) is 0 Å². The summed E-state index contributed by atoms with van der Waals surface area (Å²) in [4.78, 5) is 6.75. The van der Waals surface area contributed by atoms with Gasteiger partial charge in [0, 0.05) is 54.5 Å². The van der Waals surface area contributed by atoms with Gasteiger partial charge in [-0.3, -0.25) is 4.98 Å². The normalized spacial score (nSPS) is 19.9. The van der Waals surface area contributed by atoms with Crippen LogP contribution in [0.4, 0.5) is 18.9 Å². The molecule has 8 heteroatoms. The van der Waals surface area contributed by atoms with Crippen molar-refractivity contribution in [3.8, 4) is 28.0 Å². The molecule has 2 atom stereocenters. The first-order valence-electron chi connectivity index (χ1n) is 11.9. The lowest BCUT2D eigenvalue weighted by Crippen LogP contribution is -2.57. The van der Waals surface area contributed by atoms with Crippen LogP contribution in [0.1, 0.15) is 6.42 Å². The third kappa shape index (κ3) is 4.06. The first kappa shape index (κ1) is 22.8. The fourth-order valence-electron chi connectivity index (χ4n) is 5.33. The Labute approximate surface area is 206 Å². The van der Waals surface area contributed by atoms with Crippen LogP contribution in [-0.2, 0) is 4.74 Å². The summed E-state index contributed by atoms with van der Waals surface area (Å²) in [5.74, 6) is -2.49. The molecular weight excluding hydrogens is 467 g/mol. The van der Waals surface area contributed by atoms with Gasteiger partial charge >= 0.3 is 0 Å².